The number of rotatable bonds is 2. The van der Waals surface area contributed by atoms with Gasteiger partial charge in [-0.2, -0.15) is 0 Å². The Hall–Kier alpha value is -2.85. The molecule has 4 heteroatoms. The van der Waals surface area contributed by atoms with Crippen molar-refractivity contribution in [3.05, 3.63) is 54.2 Å². The van der Waals surface area contributed by atoms with E-state index in [1.54, 1.807) is 7.11 Å². The van der Waals surface area contributed by atoms with Crippen molar-refractivity contribution in [1.82, 2.24) is 0 Å². The quantitative estimate of drug-likeness (QED) is 0.290. The van der Waals surface area contributed by atoms with Crippen LogP contribution < -0.4 is 19.2 Å². The highest BCUT2D eigenvalue weighted by Gasteiger charge is 2.34. The van der Waals surface area contributed by atoms with E-state index in [1.807, 2.05) is 0 Å². The second-order valence-electron chi connectivity index (χ2n) is 8.97. The van der Waals surface area contributed by atoms with Crippen molar-refractivity contribution in [2.45, 2.75) is 26.6 Å². The molecular weight excluding hydrogens is 374 g/mol. The van der Waals surface area contributed by atoms with Crippen LogP contribution in [0.25, 0.3) is 32.8 Å². The monoisotopic (exact) mass is 400 g/mol. The van der Waals surface area contributed by atoms with Crippen molar-refractivity contribution in [2.24, 2.45) is 7.05 Å². The largest absolute Gasteiger partial charge is 0.492 e. The molecule has 1 aliphatic rings. The fraction of sp³-hybridized carbons (Fsp3) is 0.240. The molecule has 146 valence electrons. The van der Waals surface area contributed by atoms with Crippen molar-refractivity contribution in [3.63, 3.8) is 0 Å². The Morgan fingerprint density at radius 1 is 1.00 bits per heavy atom. The molecule has 0 saturated carbocycles. The molecule has 0 aliphatic carbocycles. The van der Waals surface area contributed by atoms with Crippen molar-refractivity contribution >= 4 is 34.8 Å². The number of hydrogen-bond donors (Lipinski definition) is 0. The van der Waals surface area contributed by atoms with E-state index in [1.165, 1.54) is 32.6 Å². The van der Waals surface area contributed by atoms with E-state index in [0.29, 0.717) is 0 Å². The predicted molar refractivity (Wildman–Crippen MR) is 122 cm³/mol. The summed E-state index contributed by atoms with van der Waals surface area (Å²) in [4.78, 5) is 0. The normalized spacial score (nSPS) is 12.8. The zero-order valence-electron chi connectivity index (χ0n) is 17.9. The number of nitrogens with zero attached hydrogens (tertiary/aromatic N) is 1. The number of fused-ring (bicyclic) bond motifs is 3. The number of hydrogen-bond acceptors (Lipinski definition) is 2. The first kappa shape index (κ1) is 18.2. The maximum absolute atomic E-state index is 6.64. The lowest BCUT2D eigenvalue weighted by Crippen LogP contribution is -2.38. The maximum atomic E-state index is 6.64. The van der Waals surface area contributed by atoms with Gasteiger partial charge < -0.3 is 9.47 Å². The average Bonchev–Trinajstić information content (AvgIpc) is 2.69. The van der Waals surface area contributed by atoms with Gasteiger partial charge in [0.15, 0.2) is 17.7 Å². The minimum absolute atomic E-state index is 0.808. The third-order valence-electron chi connectivity index (χ3n) is 6.10. The van der Waals surface area contributed by atoms with E-state index in [2.05, 4.69) is 86.8 Å². The maximum Gasteiger partial charge on any atom is 0.228 e. The molecule has 0 fully saturated rings. The van der Waals surface area contributed by atoms with Crippen molar-refractivity contribution < 1.29 is 14.0 Å². The molecule has 3 nitrogen and oxygen atoms in total. The van der Waals surface area contributed by atoms with E-state index in [4.69, 9.17) is 9.47 Å². The number of ether oxygens (including phenoxy) is 2. The Balaban J connectivity index is 1.98. The molecule has 0 unspecified atom stereocenters. The zero-order valence-corrected chi connectivity index (χ0v) is 18.9. The van der Waals surface area contributed by atoms with Gasteiger partial charge in [0.1, 0.15) is 12.8 Å². The summed E-state index contributed by atoms with van der Waals surface area (Å²) in [6.45, 7) is 9.31. The van der Waals surface area contributed by atoms with Crippen LogP contribution in [-0.2, 0) is 7.05 Å². The minimum Gasteiger partial charge on any atom is -0.492 e. The van der Waals surface area contributed by atoms with Crippen molar-refractivity contribution in [3.8, 4) is 28.5 Å². The molecule has 5 rings (SSSR count). The Labute approximate surface area is 172 Å². The summed E-state index contributed by atoms with van der Waals surface area (Å²) in [5, 5.41) is 6.12. The highest BCUT2D eigenvalue weighted by Crippen LogP contribution is 2.53. The fourth-order valence-electron chi connectivity index (χ4n) is 4.52. The molecule has 0 amide bonds. The van der Waals surface area contributed by atoms with E-state index in [0.717, 1.165) is 28.2 Å². The minimum atomic E-state index is -1.49. The number of methoxy groups -OCH3 is 1. The lowest BCUT2D eigenvalue weighted by atomic mass is 9.91. The average molecular weight is 401 g/mol. The Morgan fingerprint density at radius 3 is 2.41 bits per heavy atom. The molecule has 0 bridgehead atoms. The van der Waals surface area contributed by atoms with Crippen LogP contribution in [0.15, 0.2) is 48.7 Å². The smallest absolute Gasteiger partial charge is 0.228 e. The summed E-state index contributed by atoms with van der Waals surface area (Å²) >= 11 is 0. The van der Waals surface area contributed by atoms with Crippen molar-refractivity contribution in [1.29, 1.82) is 0 Å². The Morgan fingerprint density at radius 2 is 1.72 bits per heavy atom. The van der Waals surface area contributed by atoms with Gasteiger partial charge in [0, 0.05) is 11.5 Å². The summed E-state index contributed by atoms with van der Waals surface area (Å²) in [7, 11) is 2.35. The number of pyridine rings is 1. The van der Waals surface area contributed by atoms with Crippen LogP contribution in [0.5, 0.6) is 17.2 Å². The summed E-state index contributed by atoms with van der Waals surface area (Å²) in [5.41, 5.74) is 3.55. The molecule has 1 aliphatic heterocycles. The molecule has 29 heavy (non-hydrogen) atoms. The van der Waals surface area contributed by atoms with Gasteiger partial charge in [-0.15, -0.1) is 0 Å². The molecule has 1 aromatic heterocycles. The third-order valence-corrected chi connectivity index (χ3v) is 8.12. The third kappa shape index (κ3) is 2.52. The predicted octanol–water partition coefficient (Wildman–Crippen LogP) is 5.45. The van der Waals surface area contributed by atoms with Gasteiger partial charge in [-0.3, -0.25) is 0 Å². The van der Waals surface area contributed by atoms with Crippen LogP contribution in [0, 0.1) is 6.92 Å². The summed E-state index contributed by atoms with van der Waals surface area (Å²) in [6, 6.07) is 15.2. The first-order chi connectivity index (χ1) is 13.8. The second kappa shape index (κ2) is 6.07. The topological polar surface area (TPSA) is 22.3 Å². The lowest BCUT2D eigenvalue weighted by Gasteiger charge is -2.26. The van der Waals surface area contributed by atoms with Crippen LogP contribution >= 0.6 is 0 Å². The molecule has 0 saturated heterocycles. The second-order valence-corrected chi connectivity index (χ2v) is 14.1. The van der Waals surface area contributed by atoms with E-state index in [-0.39, 0.29) is 0 Å². The first-order valence-electron chi connectivity index (χ1n) is 10.1. The van der Waals surface area contributed by atoms with Crippen LogP contribution in [0.4, 0.5) is 0 Å². The highest BCUT2D eigenvalue weighted by molar-refractivity contribution is 6.88. The van der Waals surface area contributed by atoms with Crippen LogP contribution in [0.3, 0.4) is 0 Å². The van der Waals surface area contributed by atoms with Crippen LogP contribution in [0.2, 0.25) is 19.6 Å². The van der Waals surface area contributed by atoms with Crippen LogP contribution in [-0.4, -0.2) is 15.2 Å². The number of aromatic nitrogens is 1. The first-order valence-corrected chi connectivity index (χ1v) is 13.6. The standard InChI is InChI=1S/C25H26NO2Si/c1-15-18-9-7-8-10-19(18)24(27-3)25-21(15)23-22-16(11-12-26(23)2)13-17(29(4,5)6)14-20(22)28-25/h7-14H,1-6H3/q+1. The van der Waals surface area contributed by atoms with Gasteiger partial charge in [-0.1, -0.05) is 55.2 Å². The summed E-state index contributed by atoms with van der Waals surface area (Å²) in [5.74, 6) is 2.57. The molecular formula is C25H26NO2Si+. The number of benzene rings is 3. The van der Waals surface area contributed by atoms with Crippen LogP contribution in [0.1, 0.15) is 5.56 Å². The van der Waals surface area contributed by atoms with Gasteiger partial charge in [0.2, 0.25) is 5.69 Å². The van der Waals surface area contributed by atoms with Gasteiger partial charge in [-0.25, -0.2) is 4.57 Å². The van der Waals surface area contributed by atoms with E-state index in [9.17, 15) is 0 Å². The highest BCUT2D eigenvalue weighted by atomic mass is 28.3. The van der Waals surface area contributed by atoms with Crippen molar-refractivity contribution in [2.75, 3.05) is 7.11 Å². The number of aryl methyl sites for hydroxylation is 2. The molecule has 0 radical (unpaired) electrons. The molecule has 0 atom stereocenters. The van der Waals surface area contributed by atoms with E-state index < -0.39 is 8.07 Å². The zero-order chi connectivity index (χ0) is 20.5. The fourth-order valence-corrected chi connectivity index (χ4v) is 5.68. The summed E-state index contributed by atoms with van der Waals surface area (Å²) in [6.07, 6.45) is 2.16. The van der Waals surface area contributed by atoms with Gasteiger partial charge in [0.25, 0.3) is 0 Å². The van der Waals surface area contributed by atoms with Gasteiger partial charge in [0.05, 0.1) is 26.1 Å². The molecule has 4 aromatic rings. The van der Waals surface area contributed by atoms with Gasteiger partial charge >= 0.3 is 0 Å². The Bertz CT molecular complexity index is 1320. The molecule has 2 heterocycles. The molecule has 0 spiro atoms. The van der Waals surface area contributed by atoms with Gasteiger partial charge in [-0.05, 0) is 29.3 Å². The summed E-state index contributed by atoms with van der Waals surface area (Å²) < 4.78 is 14.7. The SMILES string of the molecule is COc1c2c(c(C)c3ccccc13)-c1c3c(cc([Si](C)(C)C)cc3cc[n+]1C)O2. The lowest BCUT2D eigenvalue weighted by molar-refractivity contribution is -0.659. The Kier molecular flexibility index (Phi) is 3.81. The molecule has 3 aromatic carbocycles. The molecule has 0 N–H and O–H groups in total. The van der Waals surface area contributed by atoms with E-state index >= 15 is 0 Å².